The van der Waals surface area contributed by atoms with Crippen molar-refractivity contribution in [3.8, 4) is 11.5 Å². The molecule has 0 spiro atoms. The van der Waals surface area contributed by atoms with Crippen LogP contribution in [0.1, 0.15) is 35.5 Å². The van der Waals surface area contributed by atoms with Gasteiger partial charge in [-0.1, -0.05) is 6.42 Å². The normalized spacial score (nSPS) is 20.3. The fraction of sp³-hybridized carbons (Fsp3) is 0.533. The minimum absolute atomic E-state index is 0. The van der Waals surface area contributed by atoms with Crippen molar-refractivity contribution < 1.29 is 9.21 Å². The van der Waals surface area contributed by atoms with Crippen LogP contribution in [0.2, 0.25) is 0 Å². The molecule has 3 N–H and O–H groups in total. The van der Waals surface area contributed by atoms with Crippen molar-refractivity contribution in [2.45, 2.75) is 32.2 Å². The van der Waals surface area contributed by atoms with E-state index in [1.807, 2.05) is 7.05 Å². The summed E-state index contributed by atoms with van der Waals surface area (Å²) in [6.45, 7) is 2.35. The minimum atomic E-state index is -0.193. The highest BCUT2D eigenvalue weighted by Gasteiger charge is 2.29. The van der Waals surface area contributed by atoms with Gasteiger partial charge in [-0.25, -0.2) is 4.98 Å². The van der Waals surface area contributed by atoms with Gasteiger partial charge in [0.05, 0.1) is 11.8 Å². The largest absolute Gasteiger partial charge is 0.440 e. The first-order chi connectivity index (χ1) is 10.6. The van der Waals surface area contributed by atoms with Gasteiger partial charge >= 0.3 is 0 Å². The standard InChI is InChI=1S/C15H21N5O2.ClH/c1-9-13(14(21)18-12-5-3-4-10(12)6-16)19-15(22-9)11-7-17-20(2)8-11;/h7-8,10,12H,3-6,16H2,1-2H3,(H,18,21);1H. The summed E-state index contributed by atoms with van der Waals surface area (Å²) in [6, 6.07) is 0.135. The number of nitrogens with zero attached hydrogens (tertiary/aromatic N) is 3. The fourth-order valence-corrected chi connectivity index (χ4v) is 3.01. The molecule has 2 unspecified atom stereocenters. The first-order valence-electron chi connectivity index (χ1n) is 7.56. The van der Waals surface area contributed by atoms with Crippen molar-refractivity contribution in [3.05, 3.63) is 23.8 Å². The van der Waals surface area contributed by atoms with Crippen molar-refractivity contribution in [1.29, 1.82) is 0 Å². The molecular weight excluding hydrogens is 318 g/mol. The van der Waals surface area contributed by atoms with E-state index in [1.54, 1.807) is 24.0 Å². The molecule has 0 radical (unpaired) electrons. The minimum Gasteiger partial charge on any atom is -0.440 e. The van der Waals surface area contributed by atoms with Gasteiger partial charge in [-0.05, 0) is 32.2 Å². The third-order valence-electron chi connectivity index (χ3n) is 4.24. The van der Waals surface area contributed by atoms with E-state index in [0.29, 0.717) is 29.8 Å². The maximum absolute atomic E-state index is 12.4. The molecule has 0 aliphatic heterocycles. The van der Waals surface area contributed by atoms with Crippen LogP contribution in [0.5, 0.6) is 0 Å². The molecule has 7 nitrogen and oxygen atoms in total. The van der Waals surface area contributed by atoms with Crippen LogP contribution >= 0.6 is 12.4 Å². The molecule has 2 aromatic heterocycles. The number of aromatic nitrogens is 3. The third kappa shape index (κ3) is 3.56. The van der Waals surface area contributed by atoms with Crippen molar-refractivity contribution in [1.82, 2.24) is 20.1 Å². The van der Waals surface area contributed by atoms with Crippen LogP contribution in [0, 0.1) is 12.8 Å². The maximum atomic E-state index is 12.4. The van der Waals surface area contributed by atoms with Crippen LogP contribution in [0.25, 0.3) is 11.5 Å². The fourth-order valence-electron chi connectivity index (χ4n) is 3.01. The molecule has 1 fully saturated rings. The molecule has 8 heteroatoms. The Morgan fingerprint density at radius 2 is 2.30 bits per heavy atom. The molecule has 0 bridgehead atoms. The van der Waals surface area contributed by atoms with E-state index in [1.165, 1.54) is 0 Å². The van der Waals surface area contributed by atoms with Gasteiger partial charge in [0.25, 0.3) is 5.91 Å². The number of amides is 1. The quantitative estimate of drug-likeness (QED) is 0.882. The lowest BCUT2D eigenvalue weighted by molar-refractivity contribution is 0.0923. The van der Waals surface area contributed by atoms with Crippen LogP contribution in [0.15, 0.2) is 16.8 Å². The highest BCUT2D eigenvalue weighted by Crippen LogP contribution is 2.26. The second kappa shape index (κ2) is 7.14. The zero-order valence-corrected chi connectivity index (χ0v) is 14.1. The van der Waals surface area contributed by atoms with Gasteiger partial charge in [0.2, 0.25) is 5.89 Å². The molecule has 1 saturated carbocycles. The number of hydrogen-bond donors (Lipinski definition) is 2. The Hall–Kier alpha value is -1.86. The lowest BCUT2D eigenvalue weighted by Crippen LogP contribution is -2.40. The summed E-state index contributed by atoms with van der Waals surface area (Å²) in [7, 11) is 1.82. The van der Waals surface area contributed by atoms with E-state index < -0.39 is 0 Å². The number of halogens is 1. The predicted octanol–water partition coefficient (Wildman–Crippen LogP) is 1.66. The Kier molecular flexibility index (Phi) is 5.43. The number of nitrogens with two attached hydrogens (primary N) is 1. The highest BCUT2D eigenvalue weighted by molar-refractivity contribution is 5.93. The molecule has 2 atom stereocenters. The molecule has 126 valence electrons. The third-order valence-corrected chi connectivity index (χ3v) is 4.24. The first kappa shape index (κ1) is 17.5. The summed E-state index contributed by atoms with van der Waals surface area (Å²) in [4.78, 5) is 16.8. The van der Waals surface area contributed by atoms with Gasteiger partial charge in [-0.15, -0.1) is 12.4 Å². The van der Waals surface area contributed by atoms with Crippen molar-refractivity contribution in [2.24, 2.45) is 18.7 Å². The van der Waals surface area contributed by atoms with Crippen LogP contribution in [-0.4, -0.2) is 33.3 Å². The first-order valence-corrected chi connectivity index (χ1v) is 7.56. The van der Waals surface area contributed by atoms with Gasteiger partial charge in [0.1, 0.15) is 5.76 Å². The van der Waals surface area contributed by atoms with Gasteiger partial charge in [-0.3, -0.25) is 9.48 Å². The molecule has 2 aromatic rings. The van der Waals surface area contributed by atoms with Crippen molar-refractivity contribution in [2.75, 3.05) is 6.54 Å². The van der Waals surface area contributed by atoms with Crippen LogP contribution in [0.4, 0.5) is 0 Å². The zero-order valence-electron chi connectivity index (χ0n) is 13.3. The van der Waals surface area contributed by atoms with Crippen molar-refractivity contribution in [3.63, 3.8) is 0 Å². The molecule has 1 aliphatic carbocycles. The number of aryl methyl sites for hydroxylation is 2. The SMILES string of the molecule is Cc1oc(-c2cnn(C)c2)nc1C(=O)NC1CCCC1CN.Cl. The maximum Gasteiger partial charge on any atom is 0.273 e. The Bertz CT molecular complexity index is 681. The monoisotopic (exact) mass is 339 g/mol. The Morgan fingerprint density at radius 1 is 1.52 bits per heavy atom. The van der Waals surface area contributed by atoms with Gasteiger partial charge in [0.15, 0.2) is 5.69 Å². The zero-order chi connectivity index (χ0) is 15.7. The van der Waals surface area contributed by atoms with Crippen LogP contribution < -0.4 is 11.1 Å². The van der Waals surface area contributed by atoms with Gasteiger partial charge in [-0.2, -0.15) is 5.10 Å². The number of rotatable bonds is 4. The summed E-state index contributed by atoms with van der Waals surface area (Å²) in [5.74, 6) is 1.09. The summed E-state index contributed by atoms with van der Waals surface area (Å²) in [5.41, 5.74) is 6.85. The van der Waals surface area contributed by atoms with E-state index in [-0.39, 0.29) is 24.4 Å². The summed E-state index contributed by atoms with van der Waals surface area (Å²) >= 11 is 0. The highest BCUT2D eigenvalue weighted by atomic mass is 35.5. The van der Waals surface area contributed by atoms with Gasteiger partial charge in [0, 0.05) is 19.3 Å². The van der Waals surface area contributed by atoms with E-state index in [9.17, 15) is 4.79 Å². The number of carbonyl (C=O) groups is 1. The predicted molar refractivity (Wildman–Crippen MR) is 88.3 cm³/mol. The molecule has 0 saturated heterocycles. The number of oxazole rings is 1. The molecule has 0 aromatic carbocycles. The average Bonchev–Trinajstić information content (AvgIpc) is 3.18. The molecule has 2 heterocycles. The molecule has 1 amide bonds. The van der Waals surface area contributed by atoms with Gasteiger partial charge < -0.3 is 15.5 Å². The smallest absolute Gasteiger partial charge is 0.273 e. The van der Waals surface area contributed by atoms with E-state index >= 15 is 0 Å². The lowest BCUT2D eigenvalue weighted by Gasteiger charge is -2.18. The summed E-state index contributed by atoms with van der Waals surface area (Å²) in [5, 5.41) is 7.13. The van der Waals surface area contributed by atoms with E-state index in [0.717, 1.165) is 24.8 Å². The van der Waals surface area contributed by atoms with Crippen LogP contribution in [-0.2, 0) is 7.05 Å². The number of carbonyl (C=O) groups excluding carboxylic acids is 1. The molecular formula is C15H22ClN5O2. The van der Waals surface area contributed by atoms with E-state index in [2.05, 4.69) is 15.4 Å². The van der Waals surface area contributed by atoms with E-state index in [4.69, 9.17) is 10.2 Å². The topological polar surface area (TPSA) is 99.0 Å². The Balaban J connectivity index is 0.00000192. The van der Waals surface area contributed by atoms with Crippen molar-refractivity contribution >= 4 is 18.3 Å². The molecule has 23 heavy (non-hydrogen) atoms. The van der Waals surface area contributed by atoms with Crippen LogP contribution in [0.3, 0.4) is 0 Å². The second-order valence-corrected chi connectivity index (χ2v) is 5.83. The molecule has 3 rings (SSSR count). The molecule has 1 aliphatic rings. The Labute approximate surface area is 141 Å². The number of nitrogens with one attached hydrogen (secondary N) is 1. The lowest BCUT2D eigenvalue weighted by atomic mass is 10.0. The summed E-state index contributed by atoms with van der Waals surface area (Å²) < 4.78 is 7.27. The summed E-state index contributed by atoms with van der Waals surface area (Å²) in [6.07, 6.45) is 6.61. The Morgan fingerprint density at radius 3 is 2.96 bits per heavy atom. The number of hydrogen-bond acceptors (Lipinski definition) is 5. The second-order valence-electron chi connectivity index (χ2n) is 5.83. The average molecular weight is 340 g/mol.